The molecule has 1 aliphatic heterocycles. The van der Waals surface area contributed by atoms with Gasteiger partial charge in [0.1, 0.15) is 5.75 Å². The first-order valence-electron chi connectivity index (χ1n) is 10.8. The second-order valence-corrected chi connectivity index (χ2v) is 9.41. The van der Waals surface area contributed by atoms with Crippen LogP contribution in [0.2, 0.25) is 5.02 Å². The Kier molecular flexibility index (Phi) is 7.30. The highest BCUT2D eigenvalue weighted by Gasteiger charge is 2.25. The zero-order valence-electron chi connectivity index (χ0n) is 18.7. The maximum Gasteiger partial charge on any atom is 0.263 e. The fourth-order valence-electron chi connectivity index (χ4n) is 3.88. The standard InChI is InChI=1S/C24H28ClN3O3S/c1-16-5-8-21-22(17(16)2)26-24(32-21)28(10-4-9-27-11-13-31-14-12-27)23(29)19-15-18(25)6-7-20(19)30-3/h5-8,15H,4,9-14H2,1-3H3. The van der Waals surface area contributed by atoms with Gasteiger partial charge < -0.3 is 9.47 Å². The Balaban J connectivity index is 1.65. The highest BCUT2D eigenvalue weighted by Crippen LogP contribution is 2.34. The molecule has 6 nitrogen and oxygen atoms in total. The summed E-state index contributed by atoms with van der Waals surface area (Å²) in [4.78, 5) is 22.7. The molecule has 1 aromatic heterocycles. The zero-order chi connectivity index (χ0) is 22.7. The number of aryl methyl sites for hydroxylation is 2. The number of thiazole rings is 1. The molecule has 0 saturated carbocycles. The van der Waals surface area contributed by atoms with E-state index in [4.69, 9.17) is 26.1 Å². The molecule has 1 fully saturated rings. The summed E-state index contributed by atoms with van der Waals surface area (Å²) in [7, 11) is 1.56. The molecule has 3 aromatic rings. The number of morpholine rings is 1. The first-order chi connectivity index (χ1) is 15.5. The van der Waals surface area contributed by atoms with Gasteiger partial charge in [0, 0.05) is 31.2 Å². The Hall–Kier alpha value is -2.19. The number of methoxy groups -OCH3 is 1. The van der Waals surface area contributed by atoms with Gasteiger partial charge in [-0.25, -0.2) is 4.98 Å². The van der Waals surface area contributed by atoms with Crippen LogP contribution in [-0.4, -0.2) is 62.3 Å². The molecule has 1 aliphatic rings. The maximum atomic E-state index is 13.7. The van der Waals surface area contributed by atoms with E-state index in [1.807, 2.05) is 0 Å². The smallest absolute Gasteiger partial charge is 0.263 e. The fraction of sp³-hybridized carbons (Fsp3) is 0.417. The molecule has 0 atom stereocenters. The van der Waals surface area contributed by atoms with Gasteiger partial charge >= 0.3 is 0 Å². The SMILES string of the molecule is COc1ccc(Cl)cc1C(=O)N(CCCN1CCOCC1)c1nc2c(C)c(C)ccc2s1. The lowest BCUT2D eigenvalue weighted by Crippen LogP contribution is -2.39. The van der Waals surface area contributed by atoms with E-state index in [2.05, 4.69) is 30.9 Å². The molecule has 4 rings (SSSR count). The van der Waals surface area contributed by atoms with Gasteiger partial charge in [0.15, 0.2) is 5.13 Å². The topological polar surface area (TPSA) is 54.9 Å². The number of carbonyl (C=O) groups excluding carboxylic acids is 1. The summed E-state index contributed by atoms with van der Waals surface area (Å²) >= 11 is 7.76. The predicted molar refractivity (Wildman–Crippen MR) is 131 cm³/mol. The molecular weight excluding hydrogens is 446 g/mol. The third-order valence-corrected chi connectivity index (χ3v) is 7.18. The minimum atomic E-state index is -0.153. The molecule has 1 amide bonds. The van der Waals surface area contributed by atoms with Crippen molar-refractivity contribution in [2.24, 2.45) is 0 Å². The maximum absolute atomic E-state index is 13.7. The van der Waals surface area contributed by atoms with Gasteiger partial charge in [-0.05, 0) is 55.7 Å². The van der Waals surface area contributed by atoms with Crippen LogP contribution in [0.4, 0.5) is 5.13 Å². The quantitative estimate of drug-likeness (QED) is 0.486. The third-order valence-electron chi connectivity index (χ3n) is 5.90. The first-order valence-corrected chi connectivity index (χ1v) is 12.0. The van der Waals surface area contributed by atoms with E-state index < -0.39 is 0 Å². The van der Waals surface area contributed by atoms with Gasteiger partial charge in [0.05, 0.1) is 36.1 Å². The van der Waals surface area contributed by atoms with Gasteiger partial charge in [-0.3, -0.25) is 14.6 Å². The van der Waals surface area contributed by atoms with Crippen molar-refractivity contribution in [3.8, 4) is 5.75 Å². The van der Waals surface area contributed by atoms with E-state index in [-0.39, 0.29) is 5.91 Å². The number of benzene rings is 2. The lowest BCUT2D eigenvalue weighted by atomic mass is 10.1. The number of anilines is 1. The van der Waals surface area contributed by atoms with E-state index in [0.717, 1.165) is 55.0 Å². The van der Waals surface area contributed by atoms with Crippen LogP contribution < -0.4 is 9.64 Å². The number of nitrogens with zero attached hydrogens (tertiary/aromatic N) is 3. The average molecular weight is 474 g/mol. The van der Waals surface area contributed by atoms with Crippen molar-refractivity contribution in [3.63, 3.8) is 0 Å². The van der Waals surface area contributed by atoms with Crippen LogP contribution in [0.1, 0.15) is 27.9 Å². The molecule has 0 bridgehead atoms. The minimum Gasteiger partial charge on any atom is -0.496 e. The Morgan fingerprint density at radius 3 is 2.78 bits per heavy atom. The molecule has 0 aliphatic carbocycles. The van der Waals surface area contributed by atoms with E-state index in [0.29, 0.717) is 28.0 Å². The lowest BCUT2D eigenvalue weighted by Gasteiger charge is -2.28. The van der Waals surface area contributed by atoms with Crippen LogP contribution in [0.15, 0.2) is 30.3 Å². The summed E-state index contributed by atoms with van der Waals surface area (Å²) in [5.41, 5.74) is 3.73. The highest BCUT2D eigenvalue weighted by molar-refractivity contribution is 7.22. The van der Waals surface area contributed by atoms with Crippen molar-refractivity contribution < 1.29 is 14.3 Å². The van der Waals surface area contributed by atoms with Gasteiger partial charge in [-0.2, -0.15) is 0 Å². The largest absolute Gasteiger partial charge is 0.496 e. The minimum absolute atomic E-state index is 0.153. The van der Waals surface area contributed by atoms with Gasteiger partial charge in [0.2, 0.25) is 0 Å². The zero-order valence-corrected chi connectivity index (χ0v) is 20.3. The summed E-state index contributed by atoms with van der Waals surface area (Å²) in [6, 6.07) is 9.30. The van der Waals surface area contributed by atoms with Crippen molar-refractivity contribution in [2.75, 3.05) is 51.4 Å². The number of hydrogen-bond acceptors (Lipinski definition) is 6. The van der Waals surface area contributed by atoms with E-state index >= 15 is 0 Å². The molecule has 2 heterocycles. The first kappa shape index (κ1) is 23.0. The lowest BCUT2D eigenvalue weighted by molar-refractivity contribution is 0.0376. The van der Waals surface area contributed by atoms with Gasteiger partial charge in [0.25, 0.3) is 5.91 Å². The van der Waals surface area contributed by atoms with Crippen molar-refractivity contribution >= 4 is 44.2 Å². The molecule has 170 valence electrons. The van der Waals surface area contributed by atoms with Crippen LogP contribution in [0.3, 0.4) is 0 Å². The number of ether oxygens (including phenoxy) is 2. The molecule has 0 radical (unpaired) electrons. The van der Waals surface area contributed by atoms with E-state index in [1.54, 1.807) is 41.5 Å². The number of halogens is 1. The van der Waals surface area contributed by atoms with Crippen LogP contribution in [-0.2, 0) is 4.74 Å². The third kappa shape index (κ3) is 4.91. The summed E-state index contributed by atoms with van der Waals surface area (Å²) in [5.74, 6) is 0.352. The highest BCUT2D eigenvalue weighted by atomic mass is 35.5. The van der Waals surface area contributed by atoms with Crippen molar-refractivity contribution in [1.82, 2.24) is 9.88 Å². The number of fused-ring (bicyclic) bond motifs is 1. The molecule has 32 heavy (non-hydrogen) atoms. The van der Waals surface area contributed by atoms with Crippen molar-refractivity contribution in [3.05, 3.63) is 52.0 Å². The van der Waals surface area contributed by atoms with Crippen molar-refractivity contribution in [1.29, 1.82) is 0 Å². The summed E-state index contributed by atoms with van der Waals surface area (Å²) in [5, 5.41) is 1.20. The van der Waals surface area contributed by atoms with Gasteiger partial charge in [-0.15, -0.1) is 0 Å². The number of hydrogen-bond donors (Lipinski definition) is 0. The summed E-state index contributed by atoms with van der Waals surface area (Å²) < 4.78 is 12.0. The summed E-state index contributed by atoms with van der Waals surface area (Å²) in [6.45, 7) is 9.00. The Morgan fingerprint density at radius 1 is 1.25 bits per heavy atom. The monoisotopic (exact) mass is 473 g/mol. The number of amides is 1. The molecular formula is C24H28ClN3O3S. The fourth-order valence-corrected chi connectivity index (χ4v) is 5.11. The Labute approximate surface area is 197 Å². The molecule has 0 spiro atoms. The molecule has 1 saturated heterocycles. The summed E-state index contributed by atoms with van der Waals surface area (Å²) in [6.07, 6.45) is 0.836. The second-order valence-electron chi connectivity index (χ2n) is 7.96. The van der Waals surface area contributed by atoms with Gasteiger partial charge in [-0.1, -0.05) is 29.0 Å². The molecule has 0 N–H and O–H groups in total. The van der Waals surface area contributed by atoms with E-state index in [1.165, 1.54) is 5.56 Å². The number of aromatic nitrogens is 1. The average Bonchev–Trinajstić information content (AvgIpc) is 3.24. The van der Waals surface area contributed by atoms with Crippen LogP contribution >= 0.6 is 22.9 Å². The van der Waals surface area contributed by atoms with Crippen LogP contribution in [0.5, 0.6) is 5.75 Å². The van der Waals surface area contributed by atoms with Crippen LogP contribution in [0.25, 0.3) is 10.2 Å². The Bertz CT molecular complexity index is 1110. The van der Waals surface area contributed by atoms with E-state index in [9.17, 15) is 4.79 Å². The number of rotatable bonds is 7. The van der Waals surface area contributed by atoms with Crippen molar-refractivity contribution in [2.45, 2.75) is 20.3 Å². The second kappa shape index (κ2) is 10.2. The molecule has 2 aromatic carbocycles. The normalized spacial score (nSPS) is 14.6. The molecule has 0 unspecified atom stereocenters. The van der Waals surface area contributed by atoms with Crippen LogP contribution in [0, 0.1) is 13.8 Å². The molecule has 8 heteroatoms. The predicted octanol–water partition coefficient (Wildman–Crippen LogP) is 4.94. The Morgan fingerprint density at radius 2 is 2.03 bits per heavy atom. The number of carbonyl (C=O) groups is 1.